The highest BCUT2D eigenvalue weighted by Gasteiger charge is 2.14. The SMILES string of the molecule is CC(=O)N(CCC(=O)Nc1c(C)cccc1C)c1ccc(Cl)cc1. The zero-order valence-electron chi connectivity index (χ0n) is 14.1. The van der Waals surface area contributed by atoms with Crippen molar-refractivity contribution in [1.82, 2.24) is 0 Å². The fourth-order valence-corrected chi connectivity index (χ4v) is 2.64. The molecule has 0 aliphatic rings. The monoisotopic (exact) mass is 344 g/mol. The van der Waals surface area contributed by atoms with Crippen molar-refractivity contribution in [3.05, 3.63) is 58.6 Å². The Morgan fingerprint density at radius 2 is 1.62 bits per heavy atom. The van der Waals surface area contributed by atoms with Crippen LogP contribution in [0.5, 0.6) is 0 Å². The molecule has 4 nitrogen and oxygen atoms in total. The maximum absolute atomic E-state index is 12.3. The molecule has 0 aromatic heterocycles. The van der Waals surface area contributed by atoms with Crippen molar-refractivity contribution >= 4 is 34.8 Å². The summed E-state index contributed by atoms with van der Waals surface area (Å²) in [5.74, 6) is -0.232. The Hall–Kier alpha value is -2.33. The number of amides is 2. The number of nitrogens with one attached hydrogen (secondary N) is 1. The first-order chi connectivity index (χ1) is 11.4. The zero-order valence-corrected chi connectivity index (χ0v) is 14.9. The summed E-state index contributed by atoms with van der Waals surface area (Å²) in [7, 11) is 0. The van der Waals surface area contributed by atoms with Crippen LogP contribution in [0.25, 0.3) is 0 Å². The first-order valence-corrected chi connectivity index (χ1v) is 8.16. The van der Waals surface area contributed by atoms with E-state index in [9.17, 15) is 9.59 Å². The first kappa shape index (κ1) is 18.0. The summed E-state index contributed by atoms with van der Waals surface area (Å²) in [4.78, 5) is 25.7. The topological polar surface area (TPSA) is 49.4 Å². The second kappa shape index (κ2) is 7.97. The molecule has 0 radical (unpaired) electrons. The Morgan fingerprint density at radius 1 is 1.04 bits per heavy atom. The molecule has 0 bridgehead atoms. The molecule has 2 aromatic rings. The van der Waals surface area contributed by atoms with Gasteiger partial charge >= 0.3 is 0 Å². The van der Waals surface area contributed by atoms with Crippen LogP contribution in [0.1, 0.15) is 24.5 Å². The number of carbonyl (C=O) groups excluding carboxylic acids is 2. The predicted molar refractivity (Wildman–Crippen MR) is 98.6 cm³/mol. The average molecular weight is 345 g/mol. The van der Waals surface area contributed by atoms with Gasteiger partial charge in [-0.15, -0.1) is 0 Å². The van der Waals surface area contributed by atoms with Gasteiger partial charge in [0, 0.05) is 36.3 Å². The largest absolute Gasteiger partial charge is 0.326 e. The summed E-state index contributed by atoms with van der Waals surface area (Å²) in [6.07, 6.45) is 0.218. The van der Waals surface area contributed by atoms with Crippen LogP contribution in [-0.2, 0) is 9.59 Å². The Kier molecular flexibility index (Phi) is 5.99. The normalized spacial score (nSPS) is 10.3. The van der Waals surface area contributed by atoms with Gasteiger partial charge in [-0.2, -0.15) is 0 Å². The molecule has 1 N–H and O–H groups in total. The molecule has 0 aliphatic carbocycles. The second-order valence-electron chi connectivity index (χ2n) is 5.71. The van der Waals surface area contributed by atoms with E-state index in [1.165, 1.54) is 6.92 Å². The number of halogens is 1. The molecule has 2 rings (SSSR count). The van der Waals surface area contributed by atoms with Crippen molar-refractivity contribution in [3.63, 3.8) is 0 Å². The van der Waals surface area contributed by atoms with Gasteiger partial charge in [-0.25, -0.2) is 0 Å². The van der Waals surface area contributed by atoms with Crippen molar-refractivity contribution in [3.8, 4) is 0 Å². The number of benzene rings is 2. The first-order valence-electron chi connectivity index (χ1n) is 7.78. The summed E-state index contributed by atoms with van der Waals surface area (Å²) < 4.78 is 0. The van der Waals surface area contributed by atoms with Gasteiger partial charge in [0.05, 0.1) is 0 Å². The van der Waals surface area contributed by atoms with Crippen molar-refractivity contribution < 1.29 is 9.59 Å². The van der Waals surface area contributed by atoms with Gasteiger partial charge in [0.1, 0.15) is 0 Å². The lowest BCUT2D eigenvalue weighted by Crippen LogP contribution is -2.32. The summed E-state index contributed by atoms with van der Waals surface area (Å²) in [6, 6.07) is 12.9. The van der Waals surface area contributed by atoms with Crippen LogP contribution in [0.4, 0.5) is 11.4 Å². The molecule has 0 unspecified atom stereocenters. The van der Waals surface area contributed by atoms with Gasteiger partial charge in [-0.1, -0.05) is 29.8 Å². The van der Waals surface area contributed by atoms with Crippen LogP contribution < -0.4 is 10.2 Å². The summed E-state index contributed by atoms with van der Waals surface area (Å²) in [5.41, 5.74) is 3.60. The number of rotatable bonds is 5. The predicted octanol–water partition coefficient (Wildman–Crippen LogP) is 4.34. The molecule has 2 amide bonds. The van der Waals surface area contributed by atoms with E-state index in [0.717, 1.165) is 22.5 Å². The number of para-hydroxylation sites is 1. The van der Waals surface area contributed by atoms with Crippen LogP contribution in [0, 0.1) is 13.8 Å². The maximum atomic E-state index is 12.3. The van der Waals surface area contributed by atoms with E-state index in [0.29, 0.717) is 11.6 Å². The number of hydrogen-bond donors (Lipinski definition) is 1. The van der Waals surface area contributed by atoms with E-state index in [-0.39, 0.29) is 18.2 Å². The Morgan fingerprint density at radius 3 is 2.17 bits per heavy atom. The fraction of sp³-hybridized carbons (Fsp3) is 0.263. The van der Waals surface area contributed by atoms with Gasteiger partial charge in [-0.05, 0) is 49.2 Å². The summed E-state index contributed by atoms with van der Waals surface area (Å²) >= 11 is 5.88. The van der Waals surface area contributed by atoms with Crippen LogP contribution in [0.2, 0.25) is 5.02 Å². The molecule has 0 spiro atoms. The summed E-state index contributed by atoms with van der Waals surface area (Å²) in [5, 5.41) is 3.54. The Bertz CT molecular complexity index is 721. The lowest BCUT2D eigenvalue weighted by Gasteiger charge is -2.21. The number of anilines is 2. The van der Waals surface area contributed by atoms with Crippen molar-refractivity contribution in [1.29, 1.82) is 0 Å². The smallest absolute Gasteiger partial charge is 0.226 e. The molecule has 126 valence electrons. The molecule has 0 atom stereocenters. The minimum atomic E-state index is -0.118. The molecule has 0 saturated carbocycles. The third-order valence-electron chi connectivity index (χ3n) is 3.83. The number of aryl methyl sites for hydroxylation is 2. The lowest BCUT2D eigenvalue weighted by atomic mass is 10.1. The van der Waals surface area contributed by atoms with E-state index in [2.05, 4.69) is 5.32 Å². The molecule has 0 heterocycles. The number of carbonyl (C=O) groups is 2. The van der Waals surface area contributed by atoms with E-state index in [1.807, 2.05) is 32.0 Å². The standard InChI is InChI=1S/C19H21ClN2O2/c1-13-5-4-6-14(2)19(13)21-18(24)11-12-22(15(3)23)17-9-7-16(20)8-10-17/h4-10H,11-12H2,1-3H3,(H,21,24). The highest BCUT2D eigenvalue weighted by molar-refractivity contribution is 6.30. The van der Waals surface area contributed by atoms with Crippen LogP contribution >= 0.6 is 11.6 Å². The van der Waals surface area contributed by atoms with E-state index in [4.69, 9.17) is 11.6 Å². The number of hydrogen-bond acceptors (Lipinski definition) is 2. The van der Waals surface area contributed by atoms with Gasteiger partial charge in [0.15, 0.2) is 0 Å². The molecular weight excluding hydrogens is 324 g/mol. The van der Waals surface area contributed by atoms with Gasteiger partial charge < -0.3 is 10.2 Å². The highest BCUT2D eigenvalue weighted by atomic mass is 35.5. The van der Waals surface area contributed by atoms with Gasteiger partial charge in [0.25, 0.3) is 0 Å². The van der Waals surface area contributed by atoms with Crippen molar-refractivity contribution in [2.75, 3.05) is 16.8 Å². The summed E-state index contributed by atoms with van der Waals surface area (Å²) in [6.45, 7) is 5.71. The average Bonchev–Trinajstić information content (AvgIpc) is 2.52. The minimum Gasteiger partial charge on any atom is -0.326 e. The van der Waals surface area contributed by atoms with E-state index in [1.54, 1.807) is 29.2 Å². The fourth-order valence-electron chi connectivity index (χ4n) is 2.52. The number of nitrogens with zero attached hydrogens (tertiary/aromatic N) is 1. The molecule has 2 aromatic carbocycles. The Balaban J connectivity index is 2.03. The van der Waals surface area contributed by atoms with Gasteiger partial charge in [-0.3, -0.25) is 9.59 Å². The van der Waals surface area contributed by atoms with E-state index < -0.39 is 0 Å². The molecule has 24 heavy (non-hydrogen) atoms. The molecule has 0 aliphatic heterocycles. The second-order valence-corrected chi connectivity index (χ2v) is 6.15. The van der Waals surface area contributed by atoms with Crippen LogP contribution in [-0.4, -0.2) is 18.4 Å². The van der Waals surface area contributed by atoms with Gasteiger partial charge in [0.2, 0.25) is 11.8 Å². The molecule has 5 heteroatoms. The van der Waals surface area contributed by atoms with Crippen molar-refractivity contribution in [2.24, 2.45) is 0 Å². The molecular formula is C19H21ClN2O2. The van der Waals surface area contributed by atoms with E-state index >= 15 is 0 Å². The van der Waals surface area contributed by atoms with Crippen LogP contribution in [0.3, 0.4) is 0 Å². The quantitative estimate of drug-likeness (QED) is 0.877. The van der Waals surface area contributed by atoms with Crippen LogP contribution in [0.15, 0.2) is 42.5 Å². The zero-order chi connectivity index (χ0) is 17.7. The minimum absolute atomic E-state index is 0.114. The lowest BCUT2D eigenvalue weighted by molar-refractivity contribution is -0.117. The maximum Gasteiger partial charge on any atom is 0.226 e. The Labute approximate surface area is 147 Å². The van der Waals surface area contributed by atoms with Crippen molar-refractivity contribution in [2.45, 2.75) is 27.2 Å². The third kappa shape index (κ3) is 4.59. The molecule has 0 saturated heterocycles. The highest BCUT2D eigenvalue weighted by Crippen LogP contribution is 2.21. The molecule has 0 fully saturated rings. The third-order valence-corrected chi connectivity index (χ3v) is 4.08.